The molecule has 0 saturated carbocycles. The molecule has 7 nitrogen and oxygen atoms in total. The van der Waals surface area contributed by atoms with Gasteiger partial charge in [0.05, 0.1) is 25.0 Å². The van der Waals surface area contributed by atoms with Crippen molar-refractivity contribution in [1.29, 1.82) is 0 Å². The Morgan fingerprint density at radius 2 is 1.89 bits per heavy atom. The van der Waals surface area contributed by atoms with Crippen molar-refractivity contribution in [3.8, 4) is 11.5 Å². The van der Waals surface area contributed by atoms with E-state index in [9.17, 15) is 18.0 Å². The summed E-state index contributed by atoms with van der Waals surface area (Å²) in [5.74, 6) is 0.239. The molecule has 0 fully saturated rings. The first kappa shape index (κ1) is 24.4. The molecule has 0 spiro atoms. The Bertz CT molecular complexity index is 1330. The number of unbranched alkanes of at least 4 members (excludes halogenated alkanes) is 1. The number of alkyl halides is 3. The number of carbonyl (C=O) groups is 1. The predicted molar refractivity (Wildman–Crippen MR) is 123 cm³/mol. The quantitative estimate of drug-likeness (QED) is 0.245. The lowest BCUT2D eigenvalue weighted by Crippen LogP contribution is -2.06. The van der Waals surface area contributed by atoms with E-state index in [0.29, 0.717) is 61.5 Å². The average Bonchev–Trinajstić information content (AvgIpc) is 3.41. The Labute approximate surface area is 198 Å². The number of carboxylic acid groups (broad SMARTS) is 1. The van der Waals surface area contributed by atoms with Gasteiger partial charge in [-0.25, -0.2) is 0 Å². The number of hydrogen-bond donors (Lipinski definition) is 2. The Morgan fingerprint density at radius 3 is 2.60 bits per heavy atom. The lowest BCUT2D eigenvalue weighted by atomic mass is 10.0. The standard InChI is InChI=1S/C25H25F3N2O5/c1-2-5-17-21(9-7-18-23(17)35-30-24(18)25(26,27)28)34-11-4-3-10-33-16-6-8-20-19(13-16)15(14-29-20)12-22(31)32/h6-9,13-14,29H,2-5,10-12H2,1H3,(H,31,32). The van der Waals surface area contributed by atoms with E-state index in [1.165, 1.54) is 12.1 Å². The van der Waals surface area contributed by atoms with Crippen LogP contribution in [0.15, 0.2) is 41.1 Å². The maximum atomic E-state index is 13.2. The van der Waals surface area contributed by atoms with Gasteiger partial charge in [-0.1, -0.05) is 18.5 Å². The van der Waals surface area contributed by atoms with E-state index < -0.39 is 17.8 Å². The van der Waals surface area contributed by atoms with E-state index in [-0.39, 0.29) is 17.4 Å². The van der Waals surface area contributed by atoms with Crippen molar-refractivity contribution >= 4 is 27.8 Å². The number of nitrogens with zero attached hydrogens (tertiary/aromatic N) is 1. The zero-order valence-corrected chi connectivity index (χ0v) is 19.1. The molecule has 4 aromatic rings. The van der Waals surface area contributed by atoms with E-state index in [1.54, 1.807) is 6.20 Å². The van der Waals surface area contributed by atoms with Gasteiger partial charge in [-0.3, -0.25) is 4.79 Å². The van der Waals surface area contributed by atoms with Crippen molar-refractivity contribution in [3.63, 3.8) is 0 Å². The highest BCUT2D eigenvalue weighted by Crippen LogP contribution is 2.38. The number of aliphatic carboxylic acids is 1. The summed E-state index contributed by atoms with van der Waals surface area (Å²) in [6, 6.07) is 8.36. The molecule has 0 bridgehead atoms. The van der Waals surface area contributed by atoms with Gasteiger partial charge >= 0.3 is 12.1 Å². The second-order valence-electron chi connectivity index (χ2n) is 8.19. The second kappa shape index (κ2) is 10.3. The Hall–Kier alpha value is -3.69. The number of aromatic nitrogens is 2. The molecule has 2 aromatic heterocycles. The highest BCUT2D eigenvalue weighted by Gasteiger charge is 2.37. The molecule has 0 saturated heterocycles. The Morgan fingerprint density at radius 1 is 1.11 bits per heavy atom. The van der Waals surface area contributed by atoms with Crippen LogP contribution in [0, 0.1) is 0 Å². The number of fused-ring (bicyclic) bond motifs is 2. The summed E-state index contributed by atoms with van der Waals surface area (Å²) < 4.78 is 56.2. The number of carboxylic acids is 1. The van der Waals surface area contributed by atoms with Gasteiger partial charge in [-0.2, -0.15) is 13.2 Å². The van der Waals surface area contributed by atoms with Crippen LogP contribution in [0.1, 0.15) is 43.0 Å². The number of ether oxygens (including phenoxy) is 2. The van der Waals surface area contributed by atoms with E-state index in [1.807, 2.05) is 25.1 Å². The molecule has 4 rings (SSSR count). The van der Waals surface area contributed by atoms with E-state index in [4.69, 9.17) is 19.1 Å². The highest BCUT2D eigenvalue weighted by molar-refractivity contribution is 5.88. The summed E-state index contributed by atoms with van der Waals surface area (Å²) in [4.78, 5) is 14.1. The van der Waals surface area contributed by atoms with Gasteiger partial charge in [0.25, 0.3) is 0 Å². The molecule has 2 aromatic carbocycles. The van der Waals surface area contributed by atoms with E-state index >= 15 is 0 Å². The van der Waals surface area contributed by atoms with Crippen molar-refractivity contribution in [2.24, 2.45) is 0 Å². The summed E-state index contributed by atoms with van der Waals surface area (Å²) in [6.45, 7) is 2.73. The number of aromatic amines is 1. The number of aryl methyl sites for hydroxylation is 1. The number of benzene rings is 2. The number of nitrogens with one attached hydrogen (secondary N) is 1. The van der Waals surface area contributed by atoms with E-state index in [0.717, 1.165) is 10.9 Å². The van der Waals surface area contributed by atoms with Crippen LogP contribution >= 0.6 is 0 Å². The molecule has 0 atom stereocenters. The molecule has 10 heteroatoms. The van der Waals surface area contributed by atoms with Crippen molar-refractivity contribution in [3.05, 3.63) is 53.3 Å². The van der Waals surface area contributed by atoms with Gasteiger partial charge in [0.15, 0.2) is 11.3 Å². The molecular formula is C25H25F3N2O5. The number of hydrogen-bond acceptors (Lipinski definition) is 5. The minimum absolute atomic E-state index is 0.0624. The molecule has 0 aliphatic rings. The highest BCUT2D eigenvalue weighted by atomic mass is 19.4. The number of rotatable bonds is 11. The minimum Gasteiger partial charge on any atom is -0.494 e. The smallest absolute Gasteiger partial charge is 0.437 e. The number of halogens is 3. The van der Waals surface area contributed by atoms with Gasteiger partial charge in [0.1, 0.15) is 11.5 Å². The molecule has 186 valence electrons. The fraction of sp³-hybridized carbons (Fsp3) is 0.360. The van der Waals surface area contributed by atoms with Gasteiger partial charge < -0.3 is 24.1 Å². The average molecular weight is 490 g/mol. The van der Waals surface area contributed by atoms with Crippen LogP contribution < -0.4 is 9.47 Å². The second-order valence-corrected chi connectivity index (χ2v) is 8.19. The summed E-state index contributed by atoms with van der Waals surface area (Å²) in [6.07, 6.45) is -0.381. The van der Waals surface area contributed by atoms with Crippen molar-refractivity contribution in [1.82, 2.24) is 10.1 Å². The first-order chi connectivity index (χ1) is 16.8. The lowest BCUT2D eigenvalue weighted by Gasteiger charge is -2.12. The van der Waals surface area contributed by atoms with Crippen LogP contribution in [0.3, 0.4) is 0 Å². The maximum Gasteiger partial charge on any atom is 0.437 e. The molecule has 2 N–H and O–H groups in total. The molecule has 2 heterocycles. The van der Waals surface area contributed by atoms with Crippen LogP contribution in [-0.2, 0) is 23.8 Å². The van der Waals surface area contributed by atoms with Crippen molar-refractivity contribution in [2.45, 2.75) is 45.2 Å². The molecule has 35 heavy (non-hydrogen) atoms. The number of H-pyrrole nitrogens is 1. The van der Waals surface area contributed by atoms with Crippen LogP contribution in [-0.4, -0.2) is 34.4 Å². The SMILES string of the molecule is CCCc1c(OCCCCOc2ccc3[nH]cc(CC(=O)O)c3c2)ccc2c(C(F)(F)F)noc12. The summed E-state index contributed by atoms with van der Waals surface area (Å²) in [5.41, 5.74) is 1.21. The normalized spacial score (nSPS) is 11.9. The molecule has 0 unspecified atom stereocenters. The monoisotopic (exact) mass is 490 g/mol. The molecule has 0 aliphatic carbocycles. The van der Waals surface area contributed by atoms with Crippen molar-refractivity contribution < 1.29 is 37.1 Å². The zero-order chi connectivity index (χ0) is 25.0. The third-order valence-electron chi connectivity index (χ3n) is 5.61. The fourth-order valence-corrected chi connectivity index (χ4v) is 4.00. The maximum absolute atomic E-state index is 13.2. The van der Waals surface area contributed by atoms with Gasteiger partial charge in [0.2, 0.25) is 0 Å². The Balaban J connectivity index is 1.32. The first-order valence-electron chi connectivity index (χ1n) is 11.3. The summed E-state index contributed by atoms with van der Waals surface area (Å²) >= 11 is 0. The van der Waals surface area contributed by atoms with Crippen LogP contribution in [0.5, 0.6) is 11.5 Å². The molecule has 0 amide bonds. The lowest BCUT2D eigenvalue weighted by molar-refractivity contribution is -0.141. The van der Waals surface area contributed by atoms with Gasteiger partial charge in [-0.05, 0) is 55.2 Å². The minimum atomic E-state index is -4.58. The predicted octanol–water partition coefficient (Wildman–Crippen LogP) is 6.15. The largest absolute Gasteiger partial charge is 0.494 e. The van der Waals surface area contributed by atoms with E-state index in [2.05, 4.69) is 10.1 Å². The van der Waals surface area contributed by atoms with Crippen LogP contribution in [0.25, 0.3) is 21.9 Å². The third-order valence-corrected chi connectivity index (χ3v) is 5.61. The fourth-order valence-electron chi connectivity index (χ4n) is 4.00. The molecule has 0 aliphatic heterocycles. The zero-order valence-electron chi connectivity index (χ0n) is 19.1. The van der Waals surface area contributed by atoms with Gasteiger partial charge in [0, 0.05) is 22.7 Å². The van der Waals surface area contributed by atoms with Crippen molar-refractivity contribution in [2.75, 3.05) is 13.2 Å². The molecular weight excluding hydrogens is 465 g/mol. The van der Waals surface area contributed by atoms with Gasteiger partial charge in [-0.15, -0.1) is 0 Å². The first-order valence-corrected chi connectivity index (χ1v) is 11.3. The summed E-state index contributed by atoms with van der Waals surface area (Å²) in [7, 11) is 0. The molecule has 0 radical (unpaired) electrons. The topological polar surface area (TPSA) is 97.6 Å². The third kappa shape index (κ3) is 5.52. The van der Waals surface area contributed by atoms with Crippen LogP contribution in [0.2, 0.25) is 0 Å². The Kier molecular flexibility index (Phi) is 7.18. The van der Waals surface area contributed by atoms with Crippen LogP contribution in [0.4, 0.5) is 13.2 Å². The summed E-state index contributed by atoms with van der Waals surface area (Å²) in [5, 5.41) is 13.0.